The van der Waals surface area contributed by atoms with Crippen LogP contribution >= 0.6 is 0 Å². The van der Waals surface area contributed by atoms with Gasteiger partial charge in [-0.3, -0.25) is 4.79 Å². The van der Waals surface area contributed by atoms with Gasteiger partial charge in [0.1, 0.15) is 0 Å². The number of benzene rings is 1. The van der Waals surface area contributed by atoms with E-state index in [1.807, 2.05) is 24.3 Å². The van der Waals surface area contributed by atoms with Gasteiger partial charge >= 0.3 is 0 Å². The Balaban J connectivity index is 1.64. The molecule has 1 aliphatic rings. The van der Waals surface area contributed by atoms with Crippen LogP contribution < -0.4 is 11.1 Å². The van der Waals surface area contributed by atoms with E-state index in [1.54, 1.807) is 0 Å². The Bertz CT molecular complexity index is 394. The number of rotatable bonds is 5. The fourth-order valence-electron chi connectivity index (χ4n) is 2.68. The molecule has 0 saturated heterocycles. The zero-order valence-corrected chi connectivity index (χ0v) is 11.5. The summed E-state index contributed by atoms with van der Waals surface area (Å²) in [5.41, 5.74) is 7.68. The highest BCUT2D eigenvalue weighted by atomic mass is 16.1. The van der Waals surface area contributed by atoms with Gasteiger partial charge in [0.2, 0.25) is 5.91 Å². The number of carbonyl (C=O) groups excluding carboxylic acids is 1. The maximum atomic E-state index is 11.8. The Labute approximate surface area is 115 Å². The molecule has 0 aromatic heterocycles. The van der Waals surface area contributed by atoms with E-state index in [2.05, 4.69) is 5.32 Å². The van der Waals surface area contributed by atoms with Crippen LogP contribution in [0.3, 0.4) is 0 Å². The third kappa shape index (κ3) is 4.93. The summed E-state index contributed by atoms with van der Waals surface area (Å²) in [6.07, 6.45) is 8.63. The van der Waals surface area contributed by atoms with E-state index < -0.39 is 0 Å². The number of nitrogens with two attached hydrogens (primary N) is 1. The molecule has 0 unspecified atom stereocenters. The fourth-order valence-corrected chi connectivity index (χ4v) is 2.68. The average molecular weight is 260 g/mol. The molecule has 0 spiro atoms. The maximum Gasteiger partial charge on any atom is 0.220 e. The number of hydrogen-bond acceptors (Lipinski definition) is 2. The molecule has 1 aromatic carbocycles. The Morgan fingerprint density at radius 3 is 2.53 bits per heavy atom. The van der Waals surface area contributed by atoms with Crippen molar-refractivity contribution in [3.05, 3.63) is 29.8 Å². The normalized spacial score (nSPS) is 16.2. The molecule has 1 amide bonds. The summed E-state index contributed by atoms with van der Waals surface area (Å²) in [7, 11) is 0. The highest BCUT2D eigenvalue weighted by Crippen LogP contribution is 2.17. The van der Waals surface area contributed by atoms with Crippen molar-refractivity contribution in [3.8, 4) is 0 Å². The maximum absolute atomic E-state index is 11.8. The summed E-state index contributed by atoms with van der Waals surface area (Å²) >= 11 is 0. The summed E-state index contributed by atoms with van der Waals surface area (Å²) in [6.45, 7) is 0. The lowest BCUT2D eigenvalue weighted by atomic mass is 9.95. The first-order chi connectivity index (χ1) is 9.24. The summed E-state index contributed by atoms with van der Waals surface area (Å²) in [4.78, 5) is 11.8. The van der Waals surface area contributed by atoms with Crippen molar-refractivity contribution in [2.45, 2.75) is 57.4 Å². The molecule has 3 N–H and O–H groups in total. The van der Waals surface area contributed by atoms with Crippen LogP contribution in [-0.4, -0.2) is 11.9 Å². The molecule has 1 saturated carbocycles. The molecule has 104 valence electrons. The number of nitrogen functional groups attached to an aromatic ring is 1. The van der Waals surface area contributed by atoms with Gasteiger partial charge in [0, 0.05) is 18.2 Å². The lowest BCUT2D eigenvalue weighted by Gasteiger charge is -2.22. The van der Waals surface area contributed by atoms with Crippen molar-refractivity contribution in [2.75, 3.05) is 5.73 Å². The predicted octanol–water partition coefficient (Wildman–Crippen LogP) is 3.04. The first-order valence-corrected chi connectivity index (χ1v) is 7.38. The third-order valence-electron chi connectivity index (χ3n) is 3.82. The predicted molar refractivity (Wildman–Crippen MR) is 78.8 cm³/mol. The Kier molecular flexibility index (Phi) is 5.25. The van der Waals surface area contributed by atoms with Gasteiger partial charge in [0.05, 0.1) is 0 Å². The van der Waals surface area contributed by atoms with Crippen LogP contribution in [0.1, 0.15) is 50.5 Å². The van der Waals surface area contributed by atoms with Crippen LogP contribution in [0, 0.1) is 0 Å². The van der Waals surface area contributed by atoms with E-state index >= 15 is 0 Å². The minimum atomic E-state index is 0.211. The lowest BCUT2D eigenvalue weighted by molar-refractivity contribution is -0.122. The van der Waals surface area contributed by atoms with Crippen LogP contribution in [0.15, 0.2) is 24.3 Å². The number of nitrogens with one attached hydrogen (secondary N) is 1. The van der Waals surface area contributed by atoms with Crippen molar-refractivity contribution in [3.63, 3.8) is 0 Å². The van der Waals surface area contributed by atoms with Crippen LogP contribution in [0.25, 0.3) is 0 Å². The van der Waals surface area contributed by atoms with E-state index in [0.717, 1.165) is 31.4 Å². The van der Waals surface area contributed by atoms with Crippen molar-refractivity contribution < 1.29 is 4.79 Å². The molecule has 2 rings (SSSR count). The van der Waals surface area contributed by atoms with Gasteiger partial charge in [-0.15, -0.1) is 0 Å². The minimum absolute atomic E-state index is 0.211. The van der Waals surface area contributed by atoms with Crippen LogP contribution in [0.4, 0.5) is 5.69 Å². The quantitative estimate of drug-likeness (QED) is 0.799. The summed E-state index contributed by atoms with van der Waals surface area (Å²) in [5.74, 6) is 0.211. The highest BCUT2D eigenvalue weighted by molar-refractivity contribution is 5.76. The third-order valence-corrected chi connectivity index (χ3v) is 3.82. The van der Waals surface area contributed by atoms with Crippen molar-refractivity contribution in [1.29, 1.82) is 0 Å². The Morgan fingerprint density at radius 2 is 1.84 bits per heavy atom. The van der Waals surface area contributed by atoms with Gasteiger partial charge in [0.25, 0.3) is 0 Å². The SMILES string of the molecule is Nc1ccc(CCCC(=O)NC2CCCCC2)cc1. The number of anilines is 1. The molecular weight excluding hydrogens is 236 g/mol. The first-order valence-electron chi connectivity index (χ1n) is 7.38. The second-order valence-corrected chi connectivity index (χ2v) is 5.50. The molecule has 0 aliphatic heterocycles. The molecular formula is C16H24N2O. The molecule has 1 fully saturated rings. The lowest BCUT2D eigenvalue weighted by Crippen LogP contribution is -2.36. The number of aryl methyl sites for hydroxylation is 1. The van der Waals surface area contributed by atoms with Crippen molar-refractivity contribution in [2.24, 2.45) is 0 Å². The molecule has 0 radical (unpaired) electrons. The van der Waals surface area contributed by atoms with Crippen molar-refractivity contribution in [1.82, 2.24) is 5.32 Å². The van der Waals surface area contributed by atoms with E-state index in [9.17, 15) is 4.79 Å². The largest absolute Gasteiger partial charge is 0.399 e. The zero-order chi connectivity index (χ0) is 13.5. The van der Waals surface area contributed by atoms with Gasteiger partial charge < -0.3 is 11.1 Å². The van der Waals surface area contributed by atoms with Gasteiger partial charge in [-0.25, -0.2) is 0 Å². The molecule has 1 aliphatic carbocycles. The average Bonchev–Trinajstić information content (AvgIpc) is 2.42. The summed E-state index contributed by atoms with van der Waals surface area (Å²) < 4.78 is 0. The second-order valence-electron chi connectivity index (χ2n) is 5.50. The minimum Gasteiger partial charge on any atom is -0.399 e. The first kappa shape index (κ1) is 13.9. The molecule has 0 atom stereocenters. The summed E-state index contributed by atoms with van der Waals surface area (Å²) in [6, 6.07) is 8.33. The molecule has 0 bridgehead atoms. The van der Waals surface area contributed by atoms with Crippen LogP contribution in [0.5, 0.6) is 0 Å². The monoisotopic (exact) mass is 260 g/mol. The van der Waals surface area contributed by atoms with Gasteiger partial charge in [-0.1, -0.05) is 31.4 Å². The molecule has 19 heavy (non-hydrogen) atoms. The fraction of sp³-hybridized carbons (Fsp3) is 0.562. The zero-order valence-electron chi connectivity index (χ0n) is 11.5. The van der Waals surface area contributed by atoms with E-state index in [1.165, 1.54) is 24.8 Å². The molecule has 3 nitrogen and oxygen atoms in total. The number of hydrogen-bond donors (Lipinski definition) is 2. The van der Waals surface area contributed by atoms with Crippen LogP contribution in [0.2, 0.25) is 0 Å². The second kappa shape index (κ2) is 7.17. The van der Waals surface area contributed by atoms with Crippen molar-refractivity contribution >= 4 is 11.6 Å². The van der Waals surface area contributed by atoms with E-state index in [4.69, 9.17) is 5.73 Å². The number of carbonyl (C=O) groups is 1. The van der Waals surface area contributed by atoms with Gasteiger partial charge in [-0.2, -0.15) is 0 Å². The van der Waals surface area contributed by atoms with Gasteiger partial charge in [-0.05, 0) is 43.4 Å². The van der Waals surface area contributed by atoms with E-state index in [0.29, 0.717) is 12.5 Å². The Morgan fingerprint density at radius 1 is 1.16 bits per heavy atom. The molecule has 0 heterocycles. The van der Waals surface area contributed by atoms with Gasteiger partial charge in [0.15, 0.2) is 0 Å². The topological polar surface area (TPSA) is 55.1 Å². The highest BCUT2D eigenvalue weighted by Gasteiger charge is 2.15. The van der Waals surface area contributed by atoms with Crippen LogP contribution in [-0.2, 0) is 11.2 Å². The number of amides is 1. The molecule has 3 heteroatoms. The molecule has 1 aromatic rings. The summed E-state index contributed by atoms with van der Waals surface area (Å²) in [5, 5.41) is 3.16. The Hall–Kier alpha value is -1.51. The smallest absolute Gasteiger partial charge is 0.220 e. The standard InChI is InChI=1S/C16H24N2O/c17-14-11-9-13(10-12-14)5-4-8-16(19)18-15-6-2-1-3-7-15/h9-12,15H,1-8,17H2,(H,18,19). The van der Waals surface area contributed by atoms with E-state index in [-0.39, 0.29) is 5.91 Å².